The van der Waals surface area contributed by atoms with Gasteiger partial charge in [-0.1, -0.05) is 13.3 Å². The van der Waals surface area contributed by atoms with Crippen LogP contribution < -0.4 is 5.73 Å². The second-order valence-corrected chi connectivity index (χ2v) is 2.41. The number of rotatable bonds is 3. The van der Waals surface area contributed by atoms with Crippen LogP contribution in [0.4, 0.5) is 0 Å². The Labute approximate surface area is 73.2 Å². The topological polar surface area (TPSA) is 39.2 Å². The molecule has 0 bridgehead atoms. The van der Waals surface area contributed by atoms with Crippen molar-refractivity contribution in [2.24, 2.45) is 5.73 Å². The fourth-order valence-electron chi connectivity index (χ4n) is 0.956. The summed E-state index contributed by atoms with van der Waals surface area (Å²) in [5.41, 5.74) is 5.76. The Morgan fingerprint density at radius 3 is 2.82 bits per heavy atom. The third-order valence-corrected chi connectivity index (χ3v) is 1.51. The monoisotopic (exact) mass is 175 g/mol. The SMILES string of the molecule is CCC[C@H](N)c1ccco1.Cl. The van der Waals surface area contributed by atoms with Crippen LogP contribution in [0.2, 0.25) is 0 Å². The van der Waals surface area contributed by atoms with Gasteiger partial charge in [0.2, 0.25) is 0 Å². The van der Waals surface area contributed by atoms with Gasteiger partial charge in [0.05, 0.1) is 12.3 Å². The van der Waals surface area contributed by atoms with Crippen molar-refractivity contribution in [3.63, 3.8) is 0 Å². The fraction of sp³-hybridized carbons (Fsp3) is 0.500. The van der Waals surface area contributed by atoms with Gasteiger partial charge in [-0.25, -0.2) is 0 Å². The van der Waals surface area contributed by atoms with Crippen LogP contribution >= 0.6 is 12.4 Å². The zero-order chi connectivity index (χ0) is 7.40. The van der Waals surface area contributed by atoms with Gasteiger partial charge in [0.15, 0.2) is 0 Å². The summed E-state index contributed by atoms with van der Waals surface area (Å²) < 4.78 is 5.12. The van der Waals surface area contributed by atoms with Crippen LogP contribution in [0.5, 0.6) is 0 Å². The molecule has 2 N–H and O–H groups in total. The van der Waals surface area contributed by atoms with Crippen LogP contribution in [0, 0.1) is 0 Å². The van der Waals surface area contributed by atoms with Gasteiger partial charge in [-0.3, -0.25) is 0 Å². The molecule has 0 unspecified atom stereocenters. The van der Waals surface area contributed by atoms with Gasteiger partial charge in [0.25, 0.3) is 0 Å². The maximum atomic E-state index is 5.76. The standard InChI is InChI=1S/C8H13NO.ClH/c1-2-4-7(9)8-5-3-6-10-8;/h3,5-7H,2,4,9H2,1H3;1H/t7-;/m0./s1. The molecule has 0 amide bonds. The molecule has 1 rings (SSSR count). The molecule has 0 fully saturated rings. The van der Waals surface area contributed by atoms with Crippen LogP contribution in [-0.4, -0.2) is 0 Å². The zero-order valence-electron chi connectivity index (χ0n) is 6.62. The summed E-state index contributed by atoms with van der Waals surface area (Å²) in [6.07, 6.45) is 3.75. The highest BCUT2D eigenvalue weighted by Crippen LogP contribution is 2.14. The fourth-order valence-corrected chi connectivity index (χ4v) is 0.956. The first-order valence-corrected chi connectivity index (χ1v) is 3.63. The average molecular weight is 176 g/mol. The Morgan fingerprint density at radius 2 is 2.36 bits per heavy atom. The van der Waals surface area contributed by atoms with Crippen LogP contribution in [0.15, 0.2) is 22.8 Å². The first-order valence-electron chi connectivity index (χ1n) is 3.63. The lowest BCUT2D eigenvalue weighted by Crippen LogP contribution is -2.08. The summed E-state index contributed by atoms with van der Waals surface area (Å²) in [4.78, 5) is 0. The Balaban J connectivity index is 0.000001000. The second kappa shape index (κ2) is 5.22. The molecule has 0 radical (unpaired) electrons. The predicted octanol–water partition coefficient (Wildman–Crippen LogP) is 2.50. The van der Waals surface area contributed by atoms with Gasteiger partial charge in [-0.2, -0.15) is 0 Å². The van der Waals surface area contributed by atoms with Crippen molar-refractivity contribution in [1.29, 1.82) is 0 Å². The normalized spacial score (nSPS) is 12.2. The molecule has 0 aliphatic rings. The van der Waals surface area contributed by atoms with Crippen molar-refractivity contribution >= 4 is 12.4 Å². The molecule has 0 saturated heterocycles. The summed E-state index contributed by atoms with van der Waals surface area (Å²) in [6, 6.07) is 3.87. The molecule has 0 aliphatic heterocycles. The van der Waals surface area contributed by atoms with Crippen molar-refractivity contribution in [2.45, 2.75) is 25.8 Å². The summed E-state index contributed by atoms with van der Waals surface area (Å²) in [6.45, 7) is 2.11. The van der Waals surface area contributed by atoms with Crippen molar-refractivity contribution < 1.29 is 4.42 Å². The molecule has 3 heteroatoms. The highest BCUT2D eigenvalue weighted by Gasteiger charge is 2.05. The third-order valence-electron chi connectivity index (χ3n) is 1.51. The zero-order valence-corrected chi connectivity index (χ0v) is 7.43. The van der Waals surface area contributed by atoms with E-state index in [0.29, 0.717) is 0 Å². The lowest BCUT2D eigenvalue weighted by molar-refractivity contribution is 0.450. The second-order valence-electron chi connectivity index (χ2n) is 2.41. The highest BCUT2D eigenvalue weighted by atomic mass is 35.5. The Kier molecular flexibility index (Phi) is 4.99. The summed E-state index contributed by atoms with van der Waals surface area (Å²) in [5.74, 6) is 0.891. The molecule has 0 aliphatic carbocycles. The first kappa shape index (κ1) is 10.5. The number of halogens is 1. The lowest BCUT2D eigenvalue weighted by atomic mass is 10.1. The molecule has 64 valence electrons. The van der Waals surface area contributed by atoms with E-state index in [4.69, 9.17) is 10.2 Å². The van der Waals surface area contributed by atoms with Crippen molar-refractivity contribution in [2.75, 3.05) is 0 Å². The van der Waals surface area contributed by atoms with E-state index in [1.807, 2.05) is 12.1 Å². The van der Waals surface area contributed by atoms with E-state index < -0.39 is 0 Å². The molecular weight excluding hydrogens is 162 g/mol. The van der Waals surface area contributed by atoms with Gasteiger partial charge >= 0.3 is 0 Å². The van der Waals surface area contributed by atoms with Crippen molar-refractivity contribution in [1.82, 2.24) is 0 Å². The number of nitrogens with two attached hydrogens (primary N) is 1. The van der Waals surface area contributed by atoms with Gasteiger partial charge in [0.1, 0.15) is 5.76 Å². The van der Waals surface area contributed by atoms with Crippen molar-refractivity contribution in [3.05, 3.63) is 24.2 Å². The third kappa shape index (κ3) is 2.95. The average Bonchev–Trinajstić information content (AvgIpc) is 2.38. The molecule has 2 nitrogen and oxygen atoms in total. The molecule has 1 aromatic heterocycles. The molecular formula is C8H14ClNO. The number of hydrogen-bond acceptors (Lipinski definition) is 2. The van der Waals surface area contributed by atoms with Gasteiger partial charge < -0.3 is 10.2 Å². The molecule has 0 saturated carbocycles. The Hall–Kier alpha value is -0.470. The lowest BCUT2D eigenvalue weighted by Gasteiger charge is -2.04. The Morgan fingerprint density at radius 1 is 1.64 bits per heavy atom. The van der Waals surface area contributed by atoms with Crippen LogP contribution in [0.25, 0.3) is 0 Å². The predicted molar refractivity (Wildman–Crippen MR) is 47.8 cm³/mol. The van der Waals surface area contributed by atoms with E-state index in [9.17, 15) is 0 Å². The van der Waals surface area contributed by atoms with E-state index in [0.717, 1.165) is 18.6 Å². The molecule has 1 heterocycles. The Bertz CT molecular complexity index is 174. The number of hydrogen-bond donors (Lipinski definition) is 1. The van der Waals surface area contributed by atoms with Gasteiger partial charge in [0, 0.05) is 0 Å². The quantitative estimate of drug-likeness (QED) is 0.767. The largest absolute Gasteiger partial charge is 0.468 e. The molecule has 1 aromatic rings. The van der Waals surface area contributed by atoms with Crippen LogP contribution in [-0.2, 0) is 0 Å². The van der Waals surface area contributed by atoms with Gasteiger partial charge in [-0.15, -0.1) is 12.4 Å². The minimum Gasteiger partial charge on any atom is -0.468 e. The van der Waals surface area contributed by atoms with E-state index in [2.05, 4.69) is 6.92 Å². The molecule has 11 heavy (non-hydrogen) atoms. The number of furan rings is 1. The van der Waals surface area contributed by atoms with E-state index in [1.54, 1.807) is 6.26 Å². The van der Waals surface area contributed by atoms with Gasteiger partial charge in [-0.05, 0) is 18.6 Å². The first-order chi connectivity index (χ1) is 4.84. The van der Waals surface area contributed by atoms with E-state index >= 15 is 0 Å². The van der Waals surface area contributed by atoms with Crippen LogP contribution in [0.1, 0.15) is 31.6 Å². The summed E-state index contributed by atoms with van der Waals surface area (Å²) >= 11 is 0. The highest BCUT2D eigenvalue weighted by molar-refractivity contribution is 5.85. The smallest absolute Gasteiger partial charge is 0.120 e. The van der Waals surface area contributed by atoms with Crippen LogP contribution in [0.3, 0.4) is 0 Å². The van der Waals surface area contributed by atoms with E-state index in [-0.39, 0.29) is 18.4 Å². The summed E-state index contributed by atoms with van der Waals surface area (Å²) in [5, 5.41) is 0. The molecule has 0 spiro atoms. The molecule has 0 aromatic carbocycles. The maximum Gasteiger partial charge on any atom is 0.120 e. The minimum absolute atomic E-state index is 0. The van der Waals surface area contributed by atoms with Crippen molar-refractivity contribution in [3.8, 4) is 0 Å². The minimum atomic E-state index is 0. The van der Waals surface area contributed by atoms with E-state index in [1.165, 1.54) is 0 Å². The molecule has 1 atom stereocenters. The maximum absolute atomic E-state index is 5.76. The summed E-state index contributed by atoms with van der Waals surface area (Å²) in [7, 11) is 0.